The highest BCUT2D eigenvalue weighted by molar-refractivity contribution is 5.90. The van der Waals surface area contributed by atoms with Crippen LogP contribution in [0.15, 0.2) is 97.2 Å². The number of hydrogen-bond acceptors (Lipinski definition) is 4. The van der Waals surface area contributed by atoms with Crippen LogP contribution in [0.25, 0.3) is 11.5 Å². The predicted molar refractivity (Wildman–Crippen MR) is 155 cm³/mol. The number of para-hydroxylation sites is 1. The van der Waals surface area contributed by atoms with Gasteiger partial charge in [-0.05, 0) is 60.5 Å². The number of carbonyl (C=O) groups is 1. The maximum atomic E-state index is 14.2. The Bertz CT molecular complexity index is 1660. The van der Waals surface area contributed by atoms with Crippen LogP contribution in [0.4, 0.5) is 10.5 Å². The number of urea groups is 1. The second-order valence-electron chi connectivity index (χ2n) is 9.62. The fraction of sp³-hybridized carbons (Fsp3) is 0.188. The number of ether oxygens (including phenoxy) is 2. The molecule has 8 heteroatoms. The Morgan fingerprint density at radius 1 is 0.925 bits per heavy atom. The number of amides is 2. The SMILES string of the molecule is CCc1nn(-c2ccccc2)c2c1CN(C(=O)Nc1cccc(OC)c1)[C@@H](c1cccc(OC)c1)c1cccn1-2. The highest BCUT2D eigenvalue weighted by atomic mass is 16.5. The van der Waals surface area contributed by atoms with Crippen molar-refractivity contribution in [3.63, 3.8) is 0 Å². The van der Waals surface area contributed by atoms with E-state index in [0.717, 1.165) is 46.2 Å². The van der Waals surface area contributed by atoms with E-state index < -0.39 is 6.04 Å². The Morgan fingerprint density at radius 2 is 1.68 bits per heavy atom. The van der Waals surface area contributed by atoms with Gasteiger partial charge in [0.2, 0.25) is 0 Å². The summed E-state index contributed by atoms with van der Waals surface area (Å²) in [5.74, 6) is 2.34. The van der Waals surface area contributed by atoms with Gasteiger partial charge in [-0.25, -0.2) is 9.48 Å². The van der Waals surface area contributed by atoms with Gasteiger partial charge in [0.1, 0.15) is 17.3 Å². The summed E-state index contributed by atoms with van der Waals surface area (Å²) in [7, 11) is 3.26. The molecule has 2 aromatic heterocycles. The van der Waals surface area contributed by atoms with Crippen molar-refractivity contribution in [1.82, 2.24) is 19.2 Å². The summed E-state index contributed by atoms with van der Waals surface area (Å²) in [4.78, 5) is 16.1. The quantitative estimate of drug-likeness (QED) is 0.275. The van der Waals surface area contributed by atoms with Crippen LogP contribution >= 0.6 is 0 Å². The van der Waals surface area contributed by atoms with E-state index in [1.54, 1.807) is 14.2 Å². The zero-order valence-corrected chi connectivity index (χ0v) is 22.7. The Balaban J connectivity index is 1.54. The number of rotatable bonds is 6. The average molecular weight is 534 g/mol. The van der Waals surface area contributed by atoms with Crippen LogP contribution in [-0.4, -0.2) is 39.5 Å². The fourth-order valence-corrected chi connectivity index (χ4v) is 5.41. The third-order valence-corrected chi connectivity index (χ3v) is 7.30. The van der Waals surface area contributed by atoms with Crippen LogP contribution in [0.2, 0.25) is 0 Å². The molecule has 5 aromatic rings. The first-order valence-corrected chi connectivity index (χ1v) is 13.3. The summed E-state index contributed by atoms with van der Waals surface area (Å²) < 4.78 is 15.1. The van der Waals surface area contributed by atoms with E-state index in [-0.39, 0.29) is 6.03 Å². The topological polar surface area (TPSA) is 73.6 Å². The molecule has 0 radical (unpaired) electrons. The lowest BCUT2D eigenvalue weighted by atomic mass is 10.0. The largest absolute Gasteiger partial charge is 0.497 e. The van der Waals surface area contributed by atoms with E-state index in [4.69, 9.17) is 14.6 Å². The molecule has 1 atom stereocenters. The summed E-state index contributed by atoms with van der Waals surface area (Å²) in [6, 6.07) is 28.9. The molecule has 8 nitrogen and oxygen atoms in total. The number of anilines is 1. The summed E-state index contributed by atoms with van der Waals surface area (Å²) in [6.07, 6.45) is 2.78. The molecule has 202 valence electrons. The van der Waals surface area contributed by atoms with E-state index in [1.165, 1.54) is 0 Å². The zero-order chi connectivity index (χ0) is 27.6. The number of nitrogens with one attached hydrogen (secondary N) is 1. The number of aryl methyl sites for hydroxylation is 1. The smallest absolute Gasteiger partial charge is 0.322 e. The molecule has 0 saturated heterocycles. The van der Waals surface area contributed by atoms with Gasteiger partial charge >= 0.3 is 6.03 Å². The summed E-state index contributed by atoms with van der Waals surface area (Å²) in [6.45, 7) is 2.46. The fourth-order valence-electron chi connectivity index (χ4n) is 5.41. The molecule has 1 aliphatic rings. The Labute approximate surface area is 233 Å². The van der Waals surface area contributed by atoms with Gasteiger partial charge in [0.15, 0.2) is 0 Å². The second-order valence-corrected chi connectivity index (χ2v) is 9.62. The normalized spacial score (nSPS) is 14.2. The van der Waals surface area contributed by atoms with Crippen LogP contribution in [-0.2, 0) is 13.0 Å². The molecule has 0 fully saturated rings. The predicted octanol–water partition coefficient (Wildman–Crippen LogP) is 6.38. The van der Waals surface area contributed by atoms with Crippen molar-refractivity contribution in [2.24, 2.45) is 0 Å². The number of fused-ring (bicyclic) bond motifs is 3. The molecular formula is C32H31N5O3. The molecule has 1 aliphatic heterocycles. The third kappa shape index (κ3) is 4.47. The van der Waals surface area contributed by atoms with Crippen LogP contribution in [0.1, 0.15) is 35.5 Å². The van der Waals surface area contributed by atoms with Crippen molar-refractivity contribution in [2.45, 2.75) is 25.9 Å². The lowest BCUT2D eigenvalue weighted by Gasteiger charge is -2.31. The lowest BCUT2D eigenvalue weighted by molar-refractivity contribution is 0.194. The molecule has 0 aliphatic carbocycles. The van der Waals surface area contributed by atoms with Gasteiger partial charge in [-0.2, -0.15) is 5.10 Å². The van der Waals surface area contributed by atoms with Crippen LogP contribution < -0.4 is 14.8 Å². The number of hydrogen-bond donors (Lipinski definition) is 1. The summed E-state index contributed by atoms with van der Waals surface area (Å²) in [5.41, 5.74) is 5.48. The highest BCUT2D eigenvalue weighted by Crippen LogP contribution is 2.39. The Kier molecular flexibility index (Phi) is 6.74. The van der Waals surface area contributed by atoms with Crippen molar-refractivity contribution >= 4 is 11.7 Å². The summed E-state index contributed by atoms with van der Waals surface area (Å²) >= 11 is 0. The van der Waals surface area contributed by atoms with Crippen molar-refractivity contribution < 1.29 is 14.3 Å². The van der Waals surface area contributed by atoms with Gasteiger partial charge in [0.25, 0.3) is 0 Å². The Hall–Kier alpha value is -4.98. The van der Waals surface area contributed by atoms with E-state index >= 15 is 0 Å². The third-order valence-electron chi connectivity index (χ3n) is 7.30. The molecular weight excluding hydrogens is 502 g/mol. The number of benzene rings is 3. The minimum Gasteiger partial charge on any atom is -0.497 e. The molecule has 0 unspecified atom stereocenters. The number of methoxy groups -OCH3 is 2. The first kappa shape index (κ1) is 25.3. The minimum absolute atomic E-state index is 0.226. The number of aromatic nitrogens is 3. The first-order valence-electron chi connectivity index (χ1n) is 13.3. The molecule has 0 bridgehead atoms. The van der Waals surface area contributed by atoms with Crippen molar-refractivity contribution in [3.8, 4) is 23.0 Å². The standard InChI is InChI=1S/C32H31N5O3/c1-4-28-27-21-36(32(38)33-23-12-9-16-26(20-23)40-3)30(22-11-8-15-25(19-22)39-2)29-17-10-18-35(29)31(27)37(34-28)24-13-6-5-7-14-24/h5-20,30H,4,21H2,1-3H3,(H,33,38)/t30-/m0/s1. The lowest BCUT2D eigenvalue weighted by Crippen LogP contribution is -2.38. The van der Waals surface area contributed by atoms with Crippen LogP contribution in [0.5, 0.6) is 11.5 Å². The monoisotopic (exact) mass is 533 g/mol. The maximum absolute atomic E-state index is 14.2. The van der Waals surface area contributed by atoms with Crippen molar-refractivity contribution in [3.05, 3.63) is 120 Å². The van der Waals surface area contributed by atoms with Gasteiger partial charge in [0, 0.05) is 23.5 Å². The maximum Gasteiger partial charge on any atom is 0.322 e. The minimum atomic E-state index is -0.392. The molecule has 3 heterocycles. The van der Waals surface area contributed by atoms with E-state index in [0.29, 0.717) is 18.0 Å². The van der Waals surface area contributed by atoms with Crippen molar-refractivity contribution in [2.75, 3.05) is 19.5 Å². The van der Waals surface area contributed by atoms with Gasteiger partial charge < -0.3 is 24.3 Å². The molecule has 1 N–H and O–H groups in total. The molecule has 0 spiro atoms. The van der Waals surface area contributed by atoms with Gasteiger partial charge in [-0.15, -0.1) is 0 Å². The van der Waals surface area contributed by atoms with Crippen molar-refractivity contribution in [1.29, 1.82) is 0 Å². The van der Waals surface area contributed by atoms with Gasteiger partial charge in [-0.3, -0.25) is 0 Å². The molecule has 2 amide bonds. The highest BCUT2D eigenvalue weighted by Gasteiger charge is 2.36. The van der Waals surface area contributed by atoms with Crippen LogP contribution in [0, 0.1) is 0 Å². The second kappa shape index (κ2) is 10.6. The Morgan fingerprint density at radius 3 is 2.42 bits per heavy atom. The summed E-state index contributed by atoms with van der Waals surface area (Å²) in [5, 5.41) is 8.14. The van der Waals surface area contributed by atoms with Crippen LogP contribution in [0.3, 0.4) is 0 Å². The van der Waals surface area contributed by atoms with E-state index in [1.807, 2.05) is 101 Å². The van der Waals surface area contributed by atoms with Gasteiger partial charge in [0.05, 0.1) is 43.9 Å². The molecule has 6 rings (SSSR count). The van der Waals surface area contributed by atoms with E-state index in [2.05, 4.69) is 22.9 Å². The average Bonchev–Trinajstić information content (AvgIpc) is 3.58. The number of carbonyl (C=O) groups excluding carboxylic acids is 1. The van der Waals surface area contributed by atoms with E-state index in [9.17, 15) is 4.79 Å². The molecule has 0 saturated carbocycles. The zero-order valence-electron chi connectivity index (χ0n) is 22.7. The first-order chi connectivity index (χ1) is 19.6. The van der Waals surface area contributed by atoms with Gasteiger partial charge in [-0.1, -0.05) is 43.3 Å². The number of nitrogens with zero attached hydrogens (tertiary/aromatic N) is 4. The molecule has 3 aromatic carbocycles. The molecule has 40 heavy (non-hydrogen) atoms.